The summed E-state index contributed by atoms with van der Waals surface area (Å²) in [6.07, 6.45) is 0.976. The standard InChI is InChI=1S/C13H17BrN2O4S/c14-11-4-2-9(21-11)5-6-15-13(19)16-7-8-1-3-10(20-8)12(17)18/h2,4,8,10H,1,3,5-7H2,(H,17,18)(H2,15,16,19). The molecule has 2 unspecified atom stereocenters. The molecule has 0 aliphatic carbocycles. The predicted molar refractivity (Wildman–Crippen MR) is 82.7 cm³/mol. The first-order chi connectivity index (χ1) is 10.0. The number of hydrogen-bond donors (Lipinski definition) is 3. The summed E-state index contributed by atoms with van der Waals surface area (Å²) in [7, 11) is 0. The Hall–Kier alpha value is -1.12. The van der Waals surface area contributed by atoms with E-state index in [1.54, 1.807) is 11.3 Å². The zero-order valence-corrected chi connectivity index (χ0v) is 13.7. The zero-order valence-electron chi connectivity index (χ0n) is 11.3. The number of rotatable bonds is 6. The third-order valence-corrected chi connectivity index (χ3v) is 4.84. The molecule has 1 aliphatic rings. The van der Waals surface area contributed by atoms with E-state index in [4.69, 9.17) is 9.84 Å². The fourth-order valence-corrected chi connectivity index (χ4v) is 3.57. The van der Waals surface area contributed by atoms with Crippen LogP contribution in [0.25, 0.3) is 0 Å². The van der Waals surface area contributed by atoms with Crippen molar-refractivity contribution in [2.24, 2.45) is 0 Å². The first-order valence-corrected chi connectivity index (χ1v) is 8.29. The van der Waals surface area contributed by atoms with E-state index in [-0.39, 0.29) is 12.1 Å². The molecule has 0 bridgehead atoms. The number of thiophene rings is 1. The van der Waals surface area contributed by atoms with E-state index >= 15 is 0 Å². The fourth-order valence-electron chi connectivity index (χ4n) is 2.09. The molecule has 8 heteroatoms. The molecule has 1 fully saturated rings. The summed E-state index contributed by atoms with van der Waals surface area (Å²) in [6, 6.07) is 3.75. The van der Waals surface area contributed by atoms with Crippen LogP contribution in [0.4, 0.5) is 4.79 Å². The van der Waals surface area contributed by atoms with Crippen LogP contribution in [0, 0.1) is 0 Å². The first-order valence-electron chi connectivity index (χ1n) is 6.69. The summed E-state index contributed by atoms with van der Waals surface area (Å²) >= 11 is 5.04. The van der Waals surface area contributed by atoms with Crippen molar-refractivity contribution in [1.82, 2.24) is 10.6 Å². The van der Waals surface area contributed by atoms with E-state index < -0.39 is 12.1 Å². The lowest BCUT2D eigenvalue weighted by atomic mass is 10.2. The third-order valence-electron chi connectivity index (χ3n) is 3.16. The molecule has 6 nitrogen and oxygen atoms in total. The molecule has 2 rings (SSSR count). The maximum atomic E-state index is 11.6. The van der Waals surface area contributed by atoms with Gasteiger partial charge in [0.2, 0.25) is 0 Å². The van der Waals surface area contributed by atoms with E-state index in [9.17, 15) is 9.59 Å². The smallest absolute Gasteiger partial charge is 0.332 e. The highest BCUT2D eigenvalue weighted by atomic mass is 79.9. The SMILES string of the molecule is O=C(NCCc1ccc(Br)s1)NCC1CCC(C(=O)O)O1. The summed E-state index contributed by atoms with van der Waals surface area (Å²) < 4.78 is 6.38. The molecule has 1 aromatic heterocycles. The van der Waals surface area contributed by atoms with Crippen molar-refractivity contribution in [1.29, 1.82) is 0 Å². The van der Waals surface area contributed by atoms with Crippen molar-refractivity contribution in [3.05, 3.63) is 20.8 Å². The van der Waals surface area contributed by atoms with Gasteiger partial charge in [-0.3, -0.25) is 0 Å². The second-order valence-electron chi connectivity index (χ2n) is 4.75. The summed E-state index contributed by atoms with van der Waals surface area (Å²) in [5, 5.41) is 14.3. The van der Waals surface area contributed by atoms with E-state index in [0.29, 0.717) is 25.9 Å². The van der Waals surface area contributed by atoms with Crippen LogP contribution in [0.3, 0.4) is 0 Å². The molecule has 1 aromatic rings. The van der Waals surface area contributed by atoms with E-state index in [1.165, 1.54) is 4.88 Å². The minimum atomic E-state index is -0.941. The van der Waals surface area contributed by atoms with Crippen LogP contribution in [0.15, 0.2) is 15.9 Å². The lowest BCUT2D eigenvalue weighted by molar-refractivity contribution is -0.149. The normalized spacial score (nSPS) is 21.2. The topological polar surface area (TPSA) is 87.7 Å². The summed E-state index contributed by atoms with van der Waals surface area (Å²) in [6.45, 7) is 0.891. The number of aliphatic carboxylic acids is 1. The Morgan fingerprint density at radius 2 is 2.19 bits per heavy atom. The Balaban J connectivity index is 1.59. The van der Waals surface area contributed by atoms with Gasteiger partial charge in [0.15, 0.2) is 6.10 Å². The molecular formula is C13H17BrN2O4S. The summed E-state index contributed by atoms with van der Waals surface area (Å²) in [5.74, 6) is -0.941. The molecule has 1 saturated heterocycles. The highest BCUT2D eigenvalue weighted by Gasteiger charge is 2.30. The molecule has 0 radical (unpaired) electrons. The van der Waals surface area contributed by atoms with Gasteiger partial charge in [0.05, 0.1) is 9.89 Å². The summed E-state index contributed by atoms with van der Waals surface area (Å²) in [4.78, 5) is 23.5. The number of urea groups is 1. The number of carbonyl (C=O) groups is 2. The van der Waals surface area contributed by atoms with Gasteiger partial charge in [-0.05, 0) is 47.3 Å². The Bertz CT molecular complexity index is 508. The average Bonchev–Trinajstić information content (AvgIpc) is 3.05. The third kappa shape index (κ3) is 5.29. The molecule has 21 heavy (non-hydrogen) atoms. The highest BCUT2D eigenvalue weighted by molar-refractivity contribution is 9.11. The van der Waals surface area contributed by atoms with Gasteiger partial charge in [0.1, 0.15) is 0 Å². The Morgan fingerprint density at radius 3 is 2.81 bits per heavy atom. The van der Waals surface area contributed by atoms with Gasteiger partial charge in [-0.1, -0.05) is 0 Å². The van der Waals surface area contributed by atoms with Crippen molar-refractivity contribution in [3.8, 4) is 0 Å². The number of carboxylic acid groups (broad SMARTS) is 1. The van der Waals surface area contributed by atoms with Gasteiger partial charge in [0.25, 0.3) is 0 Å². The van der Waals surface area contributed by atoms with Crippen molar-refractivity contribution in [2.45, 2.75) is 31.5 Å². The lowest BCUT2D eigenvalue weighted by Crippen LogP contribution is -2.40. The zero-order chi connectivity index (χ0) is 15.2. The maximum absolute atomic E-state index is 11.6. The second-order valence-corrected chi connectivity index (χ2v) is 7.30. The van der Waals surface area contributed by atoms with E-state index in [2.05, 4.69) is 26.6 Å². The molecule has 3 N–H and O–H groups in total. The quantitative estimate of drug-likeness (QED) is 0.708. The number of ether oxygens (including phenoxy) is 1. The Kier molecular flexibility index (Phi) is 6.01. The van der Waals surface area contributed by atoms with Crippen molar-refractivity contribution < 1.29 is 19.4 Å². The first kappa shape index (κ1) is 16.3. The van der Waals surface area contributed by atoms with Gasteiger partial charge in [0, 0.05) is 18.0 Å². The van der Waals surface area contributed by atoms with Gasteiger partial charge >= 0.3 is 12.0 Å². The van der Waals surface area contributed by atoms with Crippen LogP contribution in [0.5, 0.6) is 0 Å². The molecule has 2 atom stereocenters. The Morgan fingerprint density at radius 1 is 1.38 bits per heavy atom. The van der Waals surface area contributed by atoms with Crippen molar-refractivity contribution >= 4 is 39.3 Å². The Labute approximate surface area is 135 Å². The number of nitrogens with one attached hydrogen (secondary N) is 2. The highest BCUT2D eigenvalue weighted by Crippen LogP contribution is 2.22. The van der Waals surface area contributed by atoms with Gasteiger partial charge in [-0.2, -0.15) is 0 Å². The van der Waals surface area contributed by atoms with Crippen LogP contribution in [0.1, 0.15) is 17.7 Å². The number of carbonyl (C=O) groups excluding carboxylic acids is 1. The minimum absolute atomic E-state index is 0.217. The van der Waals surface area contributed by atoms with Crippen molar-refractivity contribution in [2.75, 3.05) is 13.1 Å². The fraction of sp³-hybridized carbons (Fsp3) is 0.538. The van der Waals surface area contributed by atoms with Crippen LogP contribution < -0.4 is 10.6 Å². The molecule has 0 aromatic carbocycles. The van der Waals surface area contributed by atoms with Crippen LogP contribution in [-0.4, -0.2) is 42.4 Å². The molecular weight excluding hydrogens is 360 g/mol. The van der Waals surface area contributed by atoms with Crippen LogP contribution >= 0.6 is 27.3 Å². The number of amides is 2. The van der Waals surface area contributed by atoms with Gasteiger partial charge < -0.3 is 20.5 Å². The predicted octanol–water partition coefficient (Wildman–Crippen LogP) is 1.98. The van der Waals surface area contributed by atoms with E-state index in [0.717, 1.165) is 10.2 Å². The summed E-state index contributed by atoms with van der Waals surface area (Å²) in [5.41, 5.74) is 0. The average molecular weight is 377 g/mol. The lowest BCUT2D eigenvalue weighted by Gasteiger charge is -2.12. The molecule has 1 aliphatic heterocycles. The molecule has 116 valence electrons. The van der Waals surface area contributed by atoms with Crippen LogP contribution in [0.2, 0.25) is 0 Å². The van der Waals surface area contributed by atoms with Gasteiger partial charge in [-0.25, -0.2) is 9.59 Å². The van der Waals surface area contributed by atoms with Crippen LogP contribution in [-0.2, 0) is 16.0 Å². The largest absolute Gasteiger partial charge is 0.479 e. The molecule has 0 saturated carbocycles. The monoisotopic (exact) mass is 376 g/mol. The van der Waals surface area contributed by atoms with E-state index in [1.807, 2.05) is 12.1 Å². The van der Waals surface area contributed by atoms with Crippen molar-refractivity contribution in [3.63, 3.8) is 0 Å². The second kappa shape index (κ2) is 7.77. The van der Waals surface area contributed by atoms with Gasteiger partial charge in [-0.15, -0.1) is 11.3 Å². The number of carboxylic acids is 1. The molecule has 0 spiro atoms. The number of halogens is 1. The maximum Gasteiger partial charge on any atom is 0.332 e. The molecule has 2 heterocycles. The number of hydrogen-bond acceptors (Lipinski definition) is 4. The minimum Gasteiger partial charge on any atom is -0.479 e. The molecule has 2 amide bonds.